The number of aryl methyl sites for hydroxylation is 1. The molecule has 0 spiro atoms. The first-order valence-electron chi connectivity index (χ1n) is 8.80. The van der Waals surface area contributed by atoms with Crippen LogP contribution in [0.15, 0.2) is 30.6 Å². The molecule has 1 aliphatic rings. The maximum absolute atomic E-state index is 12.7. The molecule has 0 unspecified atom stereocenters. The molecule has 1 aliphatic carbocycles. The first-order chi connectivity index (χ1) is 13.1. The number of aromatic nitrogens is 4. The Labute approximate surface area is 157 Å². The van der Waals surface area contributed by atoms with Crippen molar-refractivity contribution >= 4 is 27.2 Å². The van der Waals surface area contributed by atoms with E-state index in [9.17, 15) is 8.78 Å². The van der Waals surface area contributed by atoms with Crippen LogP contribution >= 0.6 is 11.3 Å². The van der Waals surface area contributed by atoms with Gasteiger partial charge in [0.05, 0.1) is 10.9 Å². The average Bonchev–Trinajstić information content (AvgIpc) is 3.21. The van der Waals surface area contributed by atoms with Gasteiger partial charge in [0.15, 0.2) is 11.5 Å². The molecule has 0 radical (unpaired) electrons. The van der Waals surface area contributed by atoms with Gasteiger partial charge in [-0.1, -0.05) is 19.1 Å². The van der Waals surface area contributed by atoms with Crippen LogP contribution in [0.25, 0.3) is 27.3 Å². The van der Waals surface area contributed by atoms with Crippen LogP contribution in [0.4, 0.5) is 8.78 Å². The number of hydrogen-bond donors (Lipinski definition) is 0. The smallest absolute Gasteiger partial charge is 0.387 e. The zero-order chi connectivity index (χ0) is 18.5. The zero-order valence-corrected chi connectivity index (χ0v) is 15.3. The highest BCUT2D eigenvalue weighted by Gasteiger charge is 2.24. The predicted molar refractivity (Wildman–Crippen MR) is 99.4 cm³/mol. The summed E-state index contributed by atoms with van der Waals surface area (Å²) in [6.07, 6.45) is 4.85. The summed E-state index contributed by atoms with van der Waals surface area (Å²) in [6, 6.07) is 6.57. The molecule has 3 heterocycles. The summed E-state index contributed by atoms with van der Waals surface area (Å²) < 4.78 is 31.7. The fourth-order valence-corrected chi connectivity index (χ4v) is 5.05. The van der Waals surface area contributed by atoms with E-state index in [2.05, 4.69) is 26.7 Å². The van der Waals surface area contributed by atoms with E-state index in [0.29, 0.717) is 23.0 Å². The molecule has 0 saturated heterocycles. The van der Waals surface area contributed by atoms with Gasteiger partial charge in [-0.25, -0.2) is 14.5 Å². The number of nitrogens with zero attached hydrogens (tertiary/aromatic N) is 4. The maximum atomic E-state index is 12.7. The Balaban J connectivity index is 1.70. The topological polar surface area (TPSA) is 52.3 Å². The second-order valence-electron chi connectivity index (χ2n) is 6.85. The highest BCUT2D eigenvalue weighted by Crippen LogP contribution is 2.39. The Morgan fingerprint density at radius 3 is 3.00 bits per heavy atom. The molecule has 27 heavy (non-hydrogen) atoms. The molecule has 8 heteroatoms. The molecule has 1 atom stereocenters. The Bertz CT molecular complexity index is 1150. The Kier molecular flexibility index (Phi) is 3.82. The number of para-hydroxylation sites is 1. The van der Waals surface area contributed by atoms with Gasteiger partial charge in [0.1, 0.15) is 16.9 Å². The first-order valence-corrected chi connectivity index (χ1v) is 9.61. The first kappa shape index (κ1) is 16.6. The Morgan fingerprint density at radius 2 is 2.15 bits per heavy atom. The molecular weight excluding hydrogens is 370 g/mol. The van der Waals surface area contributed by atoms with Gasteiger partial charge in [0.2, 0.25) is 0 Å². The monoisotopic (exact) mass is 386 g/mol. The van der Waals surface area contributed by atoms with Crippen molar-refractivity contribution in [3.63, 3.8) is 0 Å². The van der Waals surface area contributed by atoms with Crippen LogP contribution in [-0.4, -0.2) is 26.2 Å². The molecule has 1 aromatic carbocycles. The van der Waals surface area contributed by atoms with Gasteiger partial charge < -0.3 is 4.74 Å². The number of ether oxygens (including phenoxy) is 1. The fraction of sp³-hybridized carbons (Fsp3) is 0.316. The van der Waals surface area contributed by atoms with Crippen LogP contribution in [-0.2, 0) is 12.8 Å². The van der Waals surface area contributed by atoms with E-state index in [1.54, 1.807) is 40.4 Å². The van der Waals surface area contributed by atoms with E-state index < -0.39 is 6.61 Å². The molecule has 0 saturated carbocycles. The van der Waals surface area contributed by atoms with E-state index in [-0.39, 0.29) is 5.75 Å². The number of hydrogen-bond acceptors (Lipinski definition) is 5. The second kappa shape index (κ2) is 6.23. The molecule has 0 amide bonds. The molecule has 5 nitrogen and oxygen atoms in total. The number of alkyl halides is 2. The largest absolute Gasteiger partial charge is 0.434 e. The van der Waals surface area contributed by atoms with Crippen LogP contribution in [0.1, 0.15) is 23.8 Å². The van der Waals surface area contributed by atoms with Crippen LogP contribution < -0.4 is 4.74 Å². The third-order valence-electron chi connectivity index (χ3n) is 4.98. The Hall–Kier alpha value is -2.61. The lowest BCUT2D eigenvalue weighted by Crippen LogP contribution is -2.08. The average molecular weight is 386 g/mol. The van der Waals surface area contributed by atoms with E-state index in [0.717, 1.165) is 29.5 Å². The summed E-state index contributed by atoms with van der Waals surface area (Å²) in [6.45, 7) is -0.631. The van der Waals surface area contributed by atoms with Crippen LogP contribution in [0.3, 0.4) is 0 Å². The summed E-state index contributed by atoms with van der Waals surface area (Å²) in [4.78, 5) is 11.5. The lowest BCUT2D eigenvalue weighted by atomic mass is 9.89. The van der Waals surface area contributed by atoms with Crippen molar-refractivity contribution in [1.82, 2.24) is 19.6 Å². The van der Waals surface area contributed by atoms with Crippen molar-refractivity contribution in [1.29, 1.82) is 0 Å². The molecule has 4 aromatic rings. The third kappa shape index (κ3) is 2.75. The summed E-state index contributed by atoms with van der Waals surface area (Å²) in [5.74, 6) is 1.09. The van der Waals surface area contributed by atoms with Crippen molar-refractivity contribution in [2.45, 2.75) is 32.8 Å². The van der Waals surface area contributed by atoms with E-state index in [1.165, 1.54) is 16.5 Å². The van der Waals surface area contributed by atoms with E-state index in [1.807, 2.05) is 0 Å². The van der Waals surface area contributed by atoms with Gasteiger partial charge in [-0.2, -0.15) is 8.78 Å². The minimum Gasteiger partial charge on any atom is -0.434 e. The van der Waals surface area contributed by atoms with Gasteiger partial charge in [-0.05, 0) is 42.9 Å². The highest BCUT2D eigenvalue weighted by atomic mass is 32.1. The molecule has 0 fully saturated rings. The maximum Gasteiger partial charge on any atom is 0.387 e. The molecule has 0 aliphatic heterocycles. The van der Waals surface area contributed by atoms with Crippen LogP contribution in [0, 0.1) is 5.92 Å². The molecule has 138 valence electrons. The molecular formula is C19H16F2N4OS. The van der Waals surface area contributed by atoms with Gasteiger partial charge in [0, 0.05) is 4.88 Å². The van der Waals surface area contributed by atoms with Gasteiger partial charge in [-0.15, -0.1) is 16.4 Å². The molecule has 3 aromatic heterocycles. The van der Waals surface area contributed by atoms with Crippen molar-refractivity contribution in [2.75, 3.05) is 0 Å². The number of thiophene rings is 1. The highest BCUT2D eigenvalue weighted by molar-refractivity contribution is 7.19. The van der Waals surface area contributed by atoms with Crippen molar-refractivity contribution in [2.24, 2.45) is 5.92 Å². The molecule has 5 rings (SSSR count). The van der Waals surface area contributed by atoms with Crippen molar-refractivity contribution < 1.29 is 13.5 Å². The van der Waals surface area contributed by atoms with E-state index >= 15 is 0 Å². The zero-order valence-electron chi connectivity index (χ0n) is 14.5. The quantitative estimate of drug-likeness (QED) is 0.511. The van der Waals surface area contributed by atoms with Gasteiger partial charge in [0.25, 0.3) is 0 Å². The lowest BCUT2D eigenvalue weighted by molar-refractivity contribution is -0.0494. The Morgan fingerprint density at radius 1 is 1.30 bits per heavy atom. The second-order valence-corrected chi connectivity index (χ2v) is 7.94. The number of benzene rings is 1. The number of fused-ring (bicyclic) bond motifs is 5. The summed E-state index contributed by atoms with van der Waals surface area (Å²) >= 11 is 1.72. The summed E-state index contributed by atoms with van der Waals surface area (Å²) in [7, 11) is 0. The minimum atomic E-state index is -2.90. The molecule has 0 bridgehead atoms. The predicted octanol–water partition coefficient (Wildman–Crippen LogP) is 4.73. The number of rotatable bonds is 3. The summed E-state index contributed by atoms with van der Waals surface area (Å²) in [5, 5.41) is 5.50. The normalized spacial score (nSPS) is 17.0. The van der Waals surface area contributed by atoms with Crippen molar-refractivity contribution in [3.05, 3.63) is 41.0 Å². The van der Waals surface area contributed by atoms with Crippen LogP contribution in [0.5, 0.6) is 5.75 Å². The van der Waals surface area contributed by atoms with Gasteiger partial charge in [-0.3, -0.25) is 0 Å². The van der Waals surface area contributed by atoms with Crippen molar-refractivity contribution in [3.8, 4) is 17.1 Å². The lowest BCUT2D eigenvalue weighted by Gasteiger charge is -2.17. The number of halogens is 2. The summed E-state index contributed by atoms with van der Waals surface area (Å²) in [5.41, 5.74) is 2.46. The van der Waals surface area contributed by atoms with E-state index in [4.69, 9.17) is 0 Å². The molecule has 0 N–H and O–H groups in total. The standard InChI is InChI=1S/C19H16F2N4OS/c1-10-6-7-12-14(8-10)27-18-15(12)17-23-16(24-25(17)9-22-18)11-4-2-3-5-13(11)26-19(20)21/h2-5,9-10,19H,6-8H2,1H3/t10-/m0/s1. The third-order valence-corrected chi connectivity index (χ3v) is 6.14. The van der Waals surface area contributed by atoms with Crippen LogP contribution in [0.2, 0.25) is 0 Å². The minimum absolute atomic E-state index is 0.0637. The van der Waals surface area contributed by atoms with Gasteiger partial charge >= 0.3 is 6.61 Å². The fourth-order valence-electron chi connectivity index (χ4n) is 3.70. The SMILES string of the molecule is C[C@H]1CCc2c(sc3ncn4nc(-c5ccccc5OC(F)F)nc4c23)C1.